The average Bonchev–Trinajstić information content (AvgIpc) is 1.36. The minimum Gasteiger partial charge on any atom is -0.437 e. The molecule has 0 rings (SSSR count). The van der Waals surface area contributed by atoms with Gasteiger partial charge in [-0.15, -0.1) is 0 Å². The monoisotopic (exact) mass is 88.1 g/mol. The van der Waals surface area contributed by atoms with E-state index in [1.807, 2.05) is 0 Å². The second-order valence-corrected chi connectivity index (χ2v) is 1.30. The van der Waals surface area contributed by atoms with E-state index < -0.39 is 7.05 Å². The maximum absolute atomic E-state index is 8.43. The summed E-state index contributed by atoms with van der Waals surface area (Å²) in [5.41, 5.74) is 0. The predicted octanol–water partition coefficient (Wildman–Crippen LogP) is -1.10. The molecule has 0 fully saturated rings. The highest BCUT2D eigenvalue weighted by atomic mass is 16.2. The van der Waals surface area contributed by atoms with Crippen LogP contribution < -0.4 is 5.84 Å². The van der Waals surface area contributed by atoms with Crippen LogP contribution in [0.5, 0.6) is 0 Å². The van der Waals surface area contributed by atoms with Crippen molar-refractivity contribution in [1.82, 2.24) is 4.92 Å². The number of hydrazine groups is 1. The van der Waals surface area contributed by atoms with E-state index in [1.165, 1.54) is 4.92 Å². The van der Waals surface area contributed by atoms with Gasteiger partial charge in [0.05, 0.1) is 0 Å². The van der Waals surface area contributed by atoms with Gasteiger partial charge >= 0.3 is 7.05 Å². The van der Waals surface area contributed by atoms with Crippen LogP contribution in [0.3, 0.4) is 0 Å². The number of nitrogens with two attached hydrogens (primary N) is 1. The van der Waals surface area contributed by atoms with Gasteiger partial charge in [-0.1, -0.05) is 0 Å². The molecule has 0 spiro atoms. The Morgan fingerprint density at radius 1 is 1.83 bits per heavy atom. The Bertz CT molecular complexity index is 32.5. The molecule has 0 radical (unpaired) electrons. The van der Waals surface area contributed by atoms with E-state index in [4.69, 9.17) is 10.9 Å². The van der Waals surface area contributed by atoms with E-state index in [1.54, 1.807) is 13.9 Å². The first kappa shape index (κ1) is 5.94. The van der Waals surface area contributed by atoms with Crippen LogP contribution in [0.2, 0.25) is 6.82 Å². The Labute approximate surface area is 37.8 Å². The quantitative estimate of drug-likeness (QED) is 0.243. The fraction of sp³-hybridized carbons (Fsp3) is 1.00. The summed E-state index contributed by atoms with van der Waals surface area (Å²) in [4.78, 5) is 1.22. The summed E-state index contributed by atoms with van der Waals surface area (Å²) in [7, 11) is 1.06. The molecular weight excluding hydrogens is 78.8 g/mol. The number of hydrogen-bond donors (Lipinski definition) is 2. The molecule has 3 nitrogen and oxygen atoms in total. The van der Waals surface area contributed by atoms with E-state index in [0.717, 1.165) is 0 Å². The van der Waals surface area contributed by atoms with Gasteiger partial charge in [-0.05, 0) is 13.9 Å². The van der Waals surface area contributed by atoms with Crippen LogP contribution in [0, 0.1) is 0 Å². The van der Waals surface area contributed by atoms with Gasteiger partial charge in [0.2, 0.25) is 0 Å². The fourth-order valence-electron chi connectivity index (χ4n) is 0. The summed E-state index contributed by atoms with van der Waals surface area (Å²) in [6.45, 7) is 1.60. The van der Waals surface area contributed by atoms with Crippen LogP contribution in [0.4, 0.5) is 0 Å². The van der Waals surface area contributed by atoms with Crippen molar-refractivity contribution in [3.05, 3.63) is 0 Å². The van der Waals surface area contributed by atoms with Crippen molar-refractivity contribution >= 4 is 7.05 Å². The lowest BCUT2D eigenvalue weighted by Crippen LogP contribution is -2.38. The molecular formula is C2H9BN2O. The van der Waals surface area contributed by atoms with E-state index in [0.29, 0.717) is 0 Å². The molecule has 0 unspecified atom stereocenters. The number of rotatable bonds is 1. The van der Waals surface area contributed by atoms with Crippen molar-refractivity contribution in [2.75, 3.05) is 7.05 Å². The summed E-state index contributed by atoms with van der Waals surface area (Å²) in [5, 5.41) is 8.43. The normalized spacial score (nSPS) is 9.50. The Kier molecular flexibility index (Phi) is 2.16. The van der Waals surface area contributed by atoms with Gasteiger partial charge in [-0.25, -0.2) is 0 Å². The van der Waals surface area contributed by atoms with Crippen molar-refractivity contribution in [3.8, 4) is 0 Å². The molecule has 0 amide bonds. The van der Waals surface area contributed by atoms with Crippen LogP contribution in [0.15, 0.2) is 0 Å². The fourth-order valence-corrected chi connectivity index (χ4v) is 0. The first-order chi connectivity index (χ1) is 2.64. The van der Waals surface area contributed by atoms with Crippen molar-refractivity contribution < 1.29 is 5.02 Å². The van der Waals surface area contributed by atoms with Crippen molar-refractivity contribution in [3.63, 3.8) is 0 Å². The minimum atomic E-state index is -0.537. The standard InChI is InChI=1S/C2H9BN2O/c1-3(6)5(2)4/h6H,4H2,1-2H3. The largest absolute Gasteiger partial charge is 0.437 e. The maximum Gasteiger partial charge on any atom is 0.390 e. The Morgan fingerprint density at radius 2 is 2.00 bits per heavy atom. The third-order valence-electron chi connectivity index (χ3n) is 0.589. The zero-order chi connectivity index (χ0) is 5.15. The molecule has 0 bridgehead atoms. The molecule has 0 aromatic heterocycles. The maximum atomic E-state index is 8.43. The Morgan fingerprint density at radius 3 is 2.00 bits per heavy atom. The summed E-state index contributed by atoms with van der Waals surface area (Å²) in [5.74, 6) is 5.02. The van der Waals surface area contributed by atoms with Crippen molar-refractivity contribution in [2.45, 2.75) is 6.82 Å². The first-order valence-corrected chi connectivity index (χ1v) is 1.80. The smallest absolute Gasteiger partial charge is 0.390 e. The Balaban J connectivity index is 2.99. The third-order valence-corrected chi connectivity index (χ3v) is 0.589. The lowest BCUT2D eigenvalue weighted by Gasteiger charge is -2.06. The molecule has 0 aliphatic carbocycles. The highest BCUT2D eigenvalue weighted by Gasteiger charge is 2.02. The molecule has 0 saturated carbocycles. The summed E-state index contributed by atoms with van der Waals surface area (Å²) >= 11 is 0. The molecule has 0 saturated heterocycles. The third kappa shape index (κ3) is 2.20. The highest BCUT2D eigenvalue weighted by molar-refractivity contribution is 6.44. The molecule has 4 heteroatoms. The van der Waals surface area contributed by atoms with Crippen molar-refractivity contribution in [1.29, 1.82) is 0 Å². The lowest BCUT2D eigenvalue weighted by atomic mass is 9.89. The number of nitrogens with zero attached hydrogens (tertiary/aromatic N) is 1. The molecule has 0 aromatic rings. The van der Waals surface area contributed by atoms with Crippen LogP contribution in [-0.4, -0.2) is 24.0 Å². The Hall–Kier alpha value is -0.0551. The van der Waals surface area contributed by atoms with Gasteiger partial charge in [0, 0.05) is 0 Å². The molecule has 6 heavy (non-hydrogen) atoms. The van der Waals surface area contributed by atoms with Gasteiger partial charge in [0.15, 0.2) is 0 Å². The number of hydrogen-bond acceptors (Lipinski definition) is 3. The van der Waals surface area contributed by atoms with Gasteiger partial charge in [-0.2, -0.15) is 0 Å². The molecule has 0 heterocycles. The van der Waals surface area contributed by atoms with E-state index >= 15 is 0 Å². The van der Waals surface area contributed by atoms with Crippen LogP contribution >= 0.6 is 0 Å². The zero-order valence-corrected chi connectivity index (χ0v) is 4.05. The minimum absolute atomic E-state index is 0.537. The summed E-state index contributed by atoms with van der Waals surface area (Å²) in [6, 6.07) is 0. The summed E-state index contributed by atoms with van der Waals surface area (Å²) < 4.78 is 0. The van der Waals surface area contributed by atoms with Crippen LogP contribution in [0.25, 0.3) is 0 Å². The van der Waals surface area contributed by atoms with Gasteiger partial charge in [-0.3, -0.25) is 10.8 Å². The van der Waals surface area contributed by atoms with Gasteiger partial charge in [0.25, 0.3) is 0 Å². The van der Waals surface area contributed by atoms with E-state index in [-0.39, 0.29) is 0 Å². The second-order valence-electron chi connectivity index (χ2n) is 1.30. The van der Waals surface area contributed by atoms with Crippen LogP contribution in [0.1, 0.15) is 0 Å². The first-order valence-electron chi connectivity index (χ1n) is 1.80. The molecule has 3 N–H and O–H groups in total. The van der Waals surface area contributed by atoms with Crippen molar-refractivity contribution in [2.24, 2.45) is 5.84 Å². The molecule has 0 atom stereocenters. The van der Waals surface area contributed by atoms with E-state index in [2.05, 4.69) is 0 Å². The predicted molar refractivity (Wildman–Crippen MR) is 25.8 cm³/mol. The van der Waals surface area contributed by atoms with Gasteiger partial charge in [0.1, 0.15) is 0 Å². The molecule has 0 aliphatic heterocycles. The highest BCUT2D eigenvalue weighted by Crippen LogP contribution is 1.70. The van der Waals surface area contributed by atoms with E-state index in [9.17, 15) is 0 Å². The zero-order valence-electron chi connectivity index (χ0n) is 4.05. The topological polar surface area (TPSA) is 49.5 Å². The second kappa shape index (κ2) is 2.18. The SMILES string of the molecule is CB(O)N(C)N. The molecule has 0 aliphatic rings. The lowest BCUT2D eigenvalue weighted by molar-refractivity contribution is 0.433. The van der Waals surface area contributed by atoms with Crippen LogP contribution in [-0.2, 0) is 0 Å². The average molecular weight is 87.9 g/mol. The van der Waals surface area contributed by atoms with Gasteiger partial charge < -0.3 is 5.02 Å². The molecule has 36 valence electrons. The summed E-state index contributed by atoms with van der Waals surface area (Å²) in [6.07, 6.45) is 0. The molecule has 0 aromatic carbocycles.